The van der Waals surface area contributed by atoms with E-state index < -0.39 is 0 Å². The van der Waals surface area contributed by atoms with Crippen molar-refractivity contribution in [3.63, 3.8) is 0 Å². The number of nitrogens with one attached hydrogen (secondary N) is 2. The number of carbonyl (C=O) groups is 1. The minimum atomic E-state index is -0.283. The summed E-state index contributed by atoms with van der Waals surface area (Å²) in [6.45, 7) is 10.4. The highest BCUT2D eigenvalue weighted by atomic mass is 16.1. The summed E-state index contributed by atoms with van der Waals surface area (Å²) in [6, 6.07) is 23.0. The van der Waals surface area contributed by atoms with E-state index in [1.54, 1.807) is 6.20 Å². The van der Waals surface area contributed by atoms with Crippen LogP contribution in [0.3, 0.4) is 0 Å². The first-order valence-electron chi connectivity index (χ1n) is 12.8. The molecule has 0 aliphatic carbocycles. The minimum Gasteiger partial charge on any atom is -0.378 e. The Labute approximate surface area is 220 Å². The van der Waals surface area contributed by atoms with Crippen molar-refractivity contribution in [3.8, 4) is 22.4 Å². The molecule has 0 spiro atoms. The molecule has 0 saturated carbocycles. The molecule has 0 fully saturated rings. The molecule has 2 aromatic carbocycles. The van der Waals surface area contributed by atoms with Crippen LogP contribution in [0.25, 0.3) is 28.5 Å². The van der Waals surface area contributed by atoms with E-state index >= 15 is 0 Å². The SMILES string of the molecule is Cc1ccc(C(C)C(=O)Nc2cc(-c3[nH]c(/C=C\N(C)C(C)C)cc3-c3cccc(C)c3)ccn2)cc1. The molecule has 1 unspecified atom stereocenters. The van der Waals surface area contributed by atoms with Crippen molar-refractivity contribution in [3.05, 3.63) is 102 Å². The Balaban J connectivity index is 1.66. The molecule has 0 aliphatic heterocycles. The van der Waals surface area contributed by atoms with Gasteiger partial charge in [-0.15, -0.1) is 0 Å². The van der Waals surface area contributed by atoms with Gasteiger partial charge in [0.05, 0.1) is 11.6 Å². The zero-order valence-corrected chi connectivity index (χ0v) is 22.5. The molecule has 0 bridgehead atoms. The van der Waals surface area contributed by atoms with E-state index in [1.165, 1.54) is 11.1 Å². The van der Waals surface area contributed by atoms with Crippen LogP contribution in [0.5, 0.6) is 0 Å². The number of aryl methyl sites for hydroxylation is 2. The lowest BCUT2D eigenvalue weighted by Gasteiger charge is -2.17. The van der Waals surface area contributed by atoms with Crippen LogP contribution in [0.1, 0.15) is 49.1 Å². The van der Waals surface area contributed by atoms with Gasteiger partial charge in [-0.25, -0.2) is 4.98 Å². The Morgan fingerprint density at radius 1 is 0.946 bits per heavy atom. The monoisotopic (exact) mass is 492 g/mol. The zero-order chi connectivity index (χ0) is 26.5. The fourth-order valence-corrected chi connectivity index (χ4v) is 4.10. The highest BCUT2D eigenvalue weighted by Gasteiger charge is 2.17. The topological polar surface area (TPSA) is 61.0 Å². The van der Waals surface area contributed by atoms with Crippen molar-refractivity contribution >= 4 is 17.8 Å². The summed E-state index contributed by atoms with van der Waals surface area (Å²) < 4.78 is 0. The van der Waals surface area contributed by atoms with E-state index in [-0.39, 0.29) is 11.8 Å². The molecule has 5 nitrogen and oxygen atoms in total. The maximum atomic E-state index is 13.0. The highest BCUT2D eigenvalue weighted by molar-refractivity contribution is 5.95. The third-order valence-electron chi connectivity index (χ3n) is 6.74. The average molecular weight is 493 g/mol. The minimum absolute atomic E-state index is 0.0840. The van der Waals surface area contributed by atoms with Gasteiger partial charge in [0, 0.05) is 42.3 Å². The third kappa shape index (κ3) is 6.36. The molecular weight excluding hydrogens is 456 g/mol. The number of carbonyl (C=O) groups excluding carboxylic acids is 1. The molecule has 2 N–H and O–H groups in total. The lowest BCUT2D eigenvalue weighted by atomic mass is 9.99. The van der Waals surface area contributed by atoms with Gasteiger partial charge < -0.3 is 15.2 Å². The zero-order valence-electron chi connectivity index (χ0n) is 22.5. The number of benzene rings is 2. The second-order valence-electron chi connectivity index (χ2n) is 10.0. The van der Waals surface area contributed by atoms with Gasteiger partial charge in [0.15, 0.2) is 0 Å². The normalized spacial score (nSPS) is 12.2. The number of H-pyrrole nitrogens is 1. The molecule has 2 heterocycles. The molecular formula is C32H36N4O. The second kappa shape index (κ2) is 11.3. The van der Waals surface area contributed by atoms with Gasteiger partial charge in [-0.2, -0.15) is 0 Å². The first-order chi connectivity index (χ1) is 17.7. The van der Waals surface area contributed by atoms with Crippen molar-refractivity contribution in [2.45, 2.75) is 46.6 Å². The van der Waals surface area contributed by atoms with E-state index in [4.69, 9.17) is 0 Å². The first-order valence-corrected chi connectivity index (χ1v) is 12.8. The predicted octanol–water partition coefficient (Wildman–Crippen LogP) is 7.41. The average Bonchev–Trinajstić information content (AvgIpc) is 3.32. The lowest BCUT2D eigenvalue weighted by molar-refractivity contribution is -0.117. The van der Waals surface area contributed by atoms with E-state index in [0.717, 1.165) is 33.6 Å². The number of pyridine rings is 1. The highest BCUT2D eigenvalue weighted by Crippen LogP contribution is 2.34. The van der Waals surface area contributed by atoms with Crippen molar-refractivity contribution in [2.24, 2.45) is 0 Å². The lowest BCUT2D eigenvalue weighted by Crippen LogP contribution is -2.19. The van der Waals surface area contributed by atoms with Crippen molar-refractivity contribution in [1.29, 1.82) is 0 Å². The van der Waals surface area contributed by atoms with Crippen molar-refractivity contribution in [2.75, 3.05) is 12.4 Å². The number of rotatable bonds is 8. The Morgan fingerprint density at radius 3 is 2.41 bits per heavy atom. The van der Waals surface area contributed by atoms with E-state index in [2.05, 4.69) is 90.6 Å². The van der Waals surface area contributed by atoms with Crippen LogP contribution in [0.15, 0.2) is 79.1 Å². The van der Waals surface area contributed by atoms with Gasteiger partial charge in [-0.05, 0) is 70.0 Å². The molecule has 4 aromatic rings. The summed E-state index contributed by atoms with van der Waals surface area (Å²) >= 11 is 0. The summed E-state index contributed by atoms with van der Waals surface area (Å²) in [5, 5.41) is 3.01. The van der Waals surface area contributed by atoms with E-state index in [0.29, 0.717) is 11.9 Å². The van der Waals surface area contributed by atoms with Crippen molar-refractivity contribution in [1.82, 2.24) is 14.9 Å². The maximum Gasteiger partial charge on any atom is 0.232 e. The molecule has 190 valence electrons. The third-order valence-corrected chi connectivity index (χ3v) is 6.74. The Kier molecular flexibility index (Phi) is 7.92. The number of hydrogen-bond donors (Lipinski definition) is 2. The van der Waals surface area contributed by atoms with Crippen LogP contribution in [-0.4, -0.2) is 33.9 Å². The summed E-state index contributed by atoms with van der Waals surface area (Å²) in [7, 11) is 2.07. The molecule has 0 saturated heterocycles. The Morgan fingerprint density at radius 2 is 1.70 bits per heavy atom. The standard InChI is InChI=1S/C32H36N4O/c1-21(2)36(6)17-15-28-20-29(26-9-7-8-23(4)18-26)31(34-28)27-14-16-33-30(19-27)35-32(37)24(5)25-12-10-22(3)11-13-25/h7-21,24,34H,1-6H3,(H,33,35,37)/b17-15-. The fourth-order valence-electron chi connectivity index (χ4n) is 4.10. The molecule has 4 rings (SSSR count). The quantitative estimate of drug-likeness (QED) is 0.269. The predicted molar refractivity (Wildman–Crippen MR) is 154 cm³/mol. The molecule has 0 radical (unpaired) electrons. The molecule has 1 atom stereocenters. The molecule has 2 aromatic heterocycles. The summed E-state index contributed by atoms with van der Waals surface area (Å²) in [5.41, 5.74) is 8.55. The summed E-state index contributed by atoms with van der Waals surface area (Å²) in [4.78, 5) is 23.2. The van der Waals surface area contributed by atoms with Gasteiger partial charge >= 0.3 is 0 Å². The number of aromatic amines is 1. The van der Waals surface area contributed by atoms with Crippen LogP contribution in [0.4, 0.5) is 5.82 Å². The van der Waals surface area contributed by atoms with Gasteiger partial charge in [-0.1, -0.05) is 59.7 Å². The van der Waals surface area contributed by atoms with Crippen LogP contribution in [0.2, 0.25) is 0 Å². The molecule has 37 heavy (non-hydrogen) atoms. The Bertz CT molecular complexity index is 1400. The summed E-state index contributed by atoms with van der Waals surface area (Å²) in [6.07, 6.45) is 5.92. The largest absolute Gasteiger partial charge is 0.378 e. The van der Waals surface area contributed by atoms with Gasteiger partial charge in [0.2, 0.25) is 5.91 Å². The number of hydrogen-bond acceptors (Lipinski definition) is 3. The summed E-state index contributed by atoms with van der Waals surface area (Å²) in [5.74, 6) is 0.163. The molecule has 5 heteroatoms. The van der Waals surface area contributed by atoms with Gasteiger partial charge in [0.25, 0.3) is 0 Å². The van der Waals surface area contributed by atoms with Crippen LogP contribution < -0.4 is 5.32 Å². The molecule has 1 amide bonds. The second-order valence-corrected chi connectivity index (χ2v) is 10.0. The maximum absolute atomic E-state index is 13.0. The number of nitrogens with zero attached hydrogens (tertiary/aromatic N) is 2. The van der Waals surface area contributed by atoms with Crippen LogP contribution in [-0.2, 0) is 4.79 Å². The first kappa shape index (κ1) is 26.0. The van der Waals surface area contributed by atoms with Crippen molar-refractivity contribution < 1.29 is 4.79 Å². The van der Waals surface area contributed by atoms with E-state index in [1.807, 2.05) is 50.2 Å². The smallest absolute Gasteiger partial charge is 0.232 e. The Hall–Kier alpha value is -4.12. The van der Waals surface area contributed by atoms with E-state index in [9.17, 15) is 4.79 Å². The van der Waals surface area contributed by atoms with Gasteiger partial charge in [0.1, 0.15) is 5.82 Å². The number of amides is 1. The number of anilines is 1. The van der Waals surface area contributed by atoms with Crippen LogP contribution in [0, 0.1) is 13.8 Å². The number of aromatic nitrogens is 2. The van der Waals surface area contributed by atoms with Crippen LogP contribution >= 0.6 is 0 Å². The fraction of sp³-hybridized carbons (Fsp3) is 0.250. The van der Waals surface area contributed by atoms with Gasteiger partial charge in [-0.3, -0.25) is 4.79 Å². The molecule has 0 aliphatic rings.